The van der Waals surface area contributed by atoms with Crippen molar-refractivity contribution in [1.29, 1.82) is 0 Å². The Bertz CT molecular complexity index is 578. The lowest BCUT2D eigenvalue weighted by Gasteiger charge is -2.09. The second-order valence-electron chi connectivity index (χ2n) is 4.19. The summed E-state index contributed by atoms with van der Waals surface area (Å²) in [5, 5.41) is 2.84. The molecule has 0 heterocycles. The fraction of sp³-hybridized carbons (Fsp3) is 0.200. The third-order valence-corrected chi connectivity index (χ3v) is 2.69. The number of anilines is 1. The van der Waals surface area contributed by atoms with Gasteiger partial charge in [-0.2, -0.15) is 0 Å². The summed E-state index contributed by atoms with van der Waals surface area (Å²) in [6.07, 6.45) is 0. The Balaban J connectivity index is 2.07. The van der Waals surface area contributed by atoms with Gasteiger partial charge in [0.2, 0.25) is 0 Å². The molecule has 2 nitrogen and oxygen atoms in total. The zero-order valence-electron chi connectivity index (χ0n) is 10.9. The van der Waals surface area contributed by atoms with E-state index >= 15 is 0 Å². The molecule has 0 radical (unpaired) electrons. The van der Waals surface area contributed by atoms with Crippen LogP contribution in [0.3, 0.4) is 0 Å². The number of hydrogen-bond donors (Lipinski definition) is 1. The summed E-state index contributed by atoms with van der Waals surface area (Å²) in [6.45, 7) is 2.80. The van der Waals surface area contributed by atoms with Crippen molar-refractivity contribution in [3.05, 3.63) is 59.4 Å². The van der Waals surface area contributed by atoms with Gasteiger partial charge < -0.3 is 10.1 Å². The van der Waals surface area contributed by atoms with E-state index in [0.717, 1.165) is 23.4 Å². The molecule has 0 saturated carbocycles. The van der Waals surface area contributed by atoms with Gasteiger partial charge in [0.15, 0.2) is 17.5 Å². The number of benzene rings is 2. The SMILES string of the molecule is CCOc1cccc(CNc2cc(F)c(F)c(F)c2)c1. The third kappa shape index (κ3) is 3.44. The van der Waals surface area contributed by atoms with Gasteiger partial charge in [0.05, 0.1) is 6.61 Å². The highest BCUT2D eigenvalue weighted by atomic mass is 19.2. The molecule has 0 amide bonds. The van der Waals surface area contributed by atoms with E-state index in [4.69, 9.17) is 4.74 Å². The van der Waals surface area contributed by atoms with Gasteiger partial charge >= 0.3 is 0 Å². The second kappa shape index (κ2) is 6.32. The van der Waals surface area contributed by atoms with Crippen LogP contribution < -0.4 is 10.1 Å². The minimum absolute atomic E-state index is 0.184. The Morgan fingerprint density at radius 2 is 1.75 bits per heavy atom. The van der Waals surface area contributed by atoms with Gasteiger partial charge in [-0.25, -0.2) is 13.2 Å². The van der Waals surface area contributed by atoms with Crippen molar-refractivity contribution in [2.24, 2.45) is 0 Å². The highest BCUT2D eigenvalue weighted by Gasteiger charge is 2.10. The van der Waals surface area contributed by atoms with Crippen LogP contribution in [0, 0.1) is 17.5 Å². The largest absolute Gasteiger partial charge is 0.494 e. The monoisotopic (exact) mass is 281 g/mol. The van der Waals surface area contributed by atoms with Gasteiger partial charge in [-0.3, -0.25) is 0 Å². The topological polar surface area (TPSA) is 21.3 Å². The first kappa shape index (κ1) is 14.2. The summed E-state index contributed by atoms with van der Waals surface area (Å²) in [6, 6.07) is 9.17. The molecule has 2 rings (SSSR count). The van der Waals surface area contributed by atoms with E-state index in [1.807, 2.05) is 31.2 Å². The molecular formula is C15H14F3NO. The van der Waals surface area contributed by atoms with Crippen molar-refractivity contribution in [1.82, 2.24) is 0 Å². The Labute approximate surface area is 115 Å². The van der Waals surface area contributed by atoms with Crippen molar-refractivity contribution in [3.8, 4) is 5.75 Å². The van der Waals surface area contributed by atoms with Crippen LogP contribution in [-0.2, 0) is 6.54 Å². The molecule has 0 unspecified atom stereocenters. The van der Waals surface area contributed by atoms with E-state index in [9.17, 15) is 13.2 Å². The first-order chi connectivity index (χ1) is 9.60. The molecule has 106 valence electrons. The summed E-state index contributed by atoms with van der Waals surface area (Å²) in [4.78, 5) is 0. The minimum atomic E-state index is -1.46. The molecule has 2 aromatic carbocycles. The molecule has 0 spiro atoms. The van der Waals surface area contributed by atoms with Crippen molar-refractivity contribution in [2.45, 2.75) is 13.5 Å². The summed E-state index contributed by atoms with van der Waals surface area (Å²) >= 11 is 0. The molecule has 0 aromatic heterocycles. The van der Waals surface area contributed by atoms with Crippen LogP contribution in [0.2, 0.25) is 0 Å². The fourth-order valence-electron chi connectivity index (χ4n) is 1.77. The molecule has 0 fully saturated rings. The van der Waals surface area contributed by atoms with E-state index < -0.39 is 17.5 Å². The van der Waals surface area contributed by atoms with Gasteiger partial charge in [0, 0.05) is 24.4 Å². The molecule has 0 aliphatic heterocycles. The van der Waals surface area contributed by atoms with Crippen LogP contribution in [0.5, 0.6) is 5.75 Å². The van der Waals surface area contributed by atoms with E-state index in [1.54, 1.807) is 0 Å². The lowest BCUT2D eigenvalue weighted by molar-refractivity contribution is 0.340. The molecule has 20 heavy (non-hydrogen) atoms. The van der Waals surface area contributed by atoms with Gasteiger partial charge in [-0.05, 0) is 24.6 Å². The molecule has 1 N–H and O–H groups in total. The van der Waals surface area contributed by atoms with Crippen molar-refractivity contribution < 1.29 is 17.9 Å². The Morgan fingerprint density at radius 1 is 1.05 bits per heavy atom. The fourth-order valence-corrected chi connectivity index (χ4v) is 1.77. The van der Waals surface area contributed by atoms with Crippen LogP contribution in [0.1, 0.15) is 12.5 Å². The molecule has 5 heteroatoms. The third-order valence-electron chi connectivity index (χ3n) is 2.69. The van der Waals surface area contributed by atoms with Crippen molar-refractivity contribution in [3.63, 3.8) is 0 Å². The van der Waals surface area contributed by atoms with Crippen molar-refractivity contribution >= 4 is 5.69 Å². The van der Waals surface area contributed by atoms with E-state index in [2.05, 4.69) is 5.32 Å². The average Bonchev–Trinajstić information content (AvgIpc) is 2.43. The molecular weight excluding hydrogens is 267 g/mol. The smallest absolute Gasteiger partial charge is 0.194 e. The number of nitrogens with one attached hydrogen (secondary N) is 1. The second-order valence-corrected chi connectivity index (χ2v) is 4.19. The van der Waals surface area contributed by atoms with Crippen molar-refractivity contribution in [2.75, 3.05) is 11.9 Å². The van der Waals surface area contributed by atoms with Gasteiger partial charge in [0.25, 0.3) is 0 Å². The van der Waals surface area contributed by atoms with Crippen LogP contribution in [-0.4, -0.2) is 6.61 Å². The summed E-state index contributed by atoms with van der Waals surface area (Å²) in [5.74, 6) is -3.16. The maximum Gasteiger partial charge on any atom is 0.194 e. The van der Waals surface area contributed by atoms with Gasteiger partial charge in [0.1, 0.15) is 5.75 Å². The lowest BCUT2D eigenvalue weighted by atomic mass is 10.2. The highest BCUT2D eigenvalue weighted by molar-refractivity contribution is 5.45. The zero-order chi connectivity index (χ0) is 14.5. The molecule has 0 aliphatic carbocycles. The lowest BCUT2D eigenvalue weighted by Crippen LogP contribution is -2.02. The summed E-state index contributed by atoms with van der Waals surface area (Å²) in [5.41, 5.74) is 1.07. The summed E-state index contributed by atoms with van der Waals surface area (Å²) < 4.78 is 44.3. The number of ether oxygens (including phenoxy) is 1. The standard InChI is InChI=1S/C15H14F3NO/c1-2-20-12-5-3-4-10(6-12)9-19-11-7-13(16)15(18)14(17)8-11/h3-8,19H,2,9H2,1H3. The van der Waals surface area contributed by atoms with Crippen LogP contribution >= 0.6 is 0 Å². The van der Waals surface area contributed by atoms with Crippen LogP contribution in [0.15, 0.2) is 36.4 Å². The van der Waals surface area contributed by atoms with Crippen LogP contribution in [0.25, 0.3) is 0 Å². The molecule has 0 bridgehead atoms. The zero-order valence-corrected chi connectivity index (χ0v) is 10.9. The quantitative estimate of drug-likeness (QED) is 0.833. The number of rotatable bonds is 5. The van der Waals surface area contributed by atoms with E-state index in [1.165, 1.54) is 0 Å². The first-order valence-corrected chi connectivity index (χ1v) is 6.20. The Kier molecular flexibility index (Phi) is 4.50. The first-order valence-electron chi connectivity index (χ1n) is 6.20. The van der Waals surface area contributed by atoms with Gasteiger partial charge in [-0.1, -0.05) is 12.1 Å². The molecule has 0 aliphatic rings. The van der Waals surface area contributed by atoms with Gasteiger partial charge in [-0.15, -0.1) is 0 Å². The van der Waals surface area contributed by atoms with Crippen LogP contribution in [0.4, 0.5) is 18.9 Å². The predicted octanol–water partition coefficient (Wildman–Crippen LogP) is 4.11. The number of halogens is 3. The maximum absolute atomic E-state index is 13.1. The van der Waals surface area contributed by atoms with E-state index in [0.29, 0.717) is 13.2 Å². The molecule has 0 atom stereocenters. The Hall–Kier alpha value is -2.17. The Morgan fingerprint density at radius 3 is 2.40 bits per heavy atom. The maximum atomic E-state index is 13.1. The molecule has 0 saturated heterocycles. The average molecular weight is 281 g/mol. The summed E-state index contributed by atoms with van der Waals surface area (Å²) in [7, 11) is 0. The number of hydrogen-bond acceptors (Lipinski definition) is 2. The normalized spacial score (nSPS) is 10.4. The minimum Gasteiger partial charge on any atom is -0.494 e. The molecule has 2 aromatic rings. The van der Waals surface area contributed by atoms with E-state index in [-0.39, 0.29) is 5.69 Å². The highest BCUT2D eigenvalue weighted by Crippen LogP contribution is 2.19. The predicted molar refractivity (Wildman–Crippen MR) is 71.3 cm³/mol.